The van der Waals surface area contributed by atoms with Gasteiger partial charge >= 0.3 is 0 Å². The summed E-state index contributed by atoms with van der Waals surface area (Å²) in [5, 5.41) is 0.880. The van der Waals surface area contributed by atoms with Gasteiger partial charge in [-0.25, -0.2) is 0 Å². The van der Waals surface area contributed by atoms with Gasteiger partial charge in [0.05, 0.1) is 0 Å². The zero-order chi connectivity index (χ0) is 5.28. The summed E-state index contributed by atoms with van der Waals surface area (Å²) in [4.78, 5) is 0. The van der Waals surface area contributed by atoms with E-state index in [9.17, 15) is 0 Å². The van der Waals surface area contributed by atoms with E-state index in [1.807, 2.05) is 0 Å². The minimum Gasteiger partial charge on any atom is -0.281 e. The zero-order valence-electron chi connectivity index (χ0n) is 3.98. The highest BCUT2D eigenvalue weighted by molar-refractivity contribution is 5.04. The molecule has 7 heavy (non-hydrogen) atoms. The number of furan rings is 1. The van der Waals surface area contributed by atoms with Gasteiger partial charge in [0.1, 0.15) is 0 Å². The van der Waals surface area contributed by atoms with Crippen LogP contribution in [-0.2, 0) is 0 Å². The van der Waals surface area contributed by atoms with E-state index in [4.69, 9.17) is 4.42 Å². The molecular weight excluding hydrogens is 88.1 g/mol. The number of rotatable bonds is 0. The predicted octanol–water partition coefficient (Wildman–Crippen LogP) is 0.100. The van der Waals surface area contributed by atoms with Gasteiger partial charge in [-0.15, -0.1) is 0 Å². The molecule has 0 N–H and O–H groups in total. The van der Waals surface area contributed by atoms with E-state index in [1.165, 1.54) is 0 Å². The van der Waals surface area contributed by atoms with Crippen LogP contribution in [0.5, 0.6) is 0 Å². The predicted molar refractivity (Wildman–Crippen MR) is 29.0 cm³/mol. The second kappa shape index (κ2) is 1.26. The Morgan fingerprint density at radius 2 is 2.29 bits per heavy atom. The molecule has 1 heteroatoms. The van der Waals surface area contributed by atoms with Gasteiger partial charge < -0.3 is 0 Å². The van der Waals surface area contributed by atoms with Crippen molar-refractivity contribution in [2.75, 3.05) is 0 Å². The molecular formula is C6H6O. The first kappa shape index (κ1) is 4.19. The lowest BCUT2D eigenvalue weighted by Crippen LogP contribution is -1.92. The molecule has 0 bridgehead atoms. The summed E-state index contributed by atoms with van der Waals surface area (Å²) in [6.45, 7) is 7.14. The molecule has 0 fully saturated rings. The lowest BCUT2D eigenvalue weighted by atomic mass is 10.5. The van der Waals surface area contributed by atoms with Crippen LogP contribution < -0.4 is 10.6 Å². The Kier molecular flexibility index (Phi) is 0.754. The largest absolute Gasteiger partial charge is 0.281 e. The summed E-state index contributed by atoms with van der Waals surface area (Å²) in [5.41, 5.74) is 0.671. The van der Waals surface area contributed by atoms with Crippen molar-refractivity contribution >= 4 is 13.2 Å². The van der Waals surface area contributed by atoms with Crippen LogP contribution in [0.15, 0.2) is 16.7 Å². The number of hydrogen-bond donors (Lipinski definition) is 0. The molecule has 0 saturated carbocycles. The fraction of sp³-hybridized carbons (Fsp3) is 0. The molecule has 1 aromatic rings. The standard InChI is InChI=1S/C6H6O/c1-5-3-6(2)7-4-5/h3-4H,1-2H2. The Hall–Kier alpha value is -0.980. The van der Waals surface area contributed by atoms with Crippen LogP contribution in [0.3, 0.4) is 0 Å². The van der Waals surface area contributed by atoms with Gasteiger partial charge in [-0.05, 0) is 6.07 Å². The van der Waals surface area contributed by atoms with E-state index in [2.05, 4.69) is 13.2 Å². The lowest BCUT2D eigenvalue weighted by Gasteiger charge is -1.49. The summed E-state index contributed by atoms with van der Waals surface area (Å²) in [7, 11) is 0. The van der Waals surface area contributed by atoms with Crippen LogP contribution in [0.4, 0.5) is 0 Å². The fourth-order valence-corrected chi connectivity index (χ4v) is 0.426. The summed E-state index contributed by atoms with van der Waals surface area (Å²) >= 11 is 0. The van der Waals surface area contributed by atoms with E-state index in [0.717, 1.165) is 5.22 Å². The van der Waals surface area contributed by atoms with Crippen molar-refractivity contribution in [1.82, 2.24) is 0 Å². The Morgan fingerprint density at radius 1 is 1.57 bits per heavy atom. The topological polar surface area (TPSA) is 11.3 Å². The van der Waals surface area contributed by atoms with E-state index >= 15 is 0 Å². The quantitative estimate of drug-likeness (QED) is 0.328. The van der Waals surface area contributed by atoms with Gasteiger partial charge in [-0.2, -0.15) is 6.58 Å². The van der Waals surface area contributed by atoms with E-state index in [1.54, 1.807) is 12.3 Å². The van der Waals surface area contributed by atoms with Crippen LogP contribution in [0.2, 0.25) is 0 Å². The van der Waals surface area contributed by atoms with Crippen LogP contribution in [0.25, 0.3) is 13.2 Å². The van der Waals surface area contributed by atoms with E-state index in [0.29, 0.717) is 5.42 Å². The van der Waals surface area contributed by atoms with Gasteiger partial charge in [0.25, 0.3) is 5.42 Å². The maximum Gasteiger partial charge on any atom is 0.257 e. The van der Waals surface area contributed by atoms with Crippen LogP contribution in [0, 0.1) is 0 Å². The highest BCUT2D eigenvalue weighted by Crippen LogP contribution is 1.59. The Balaban J connectivity index is 3.59. The van der Waals surface area contributed by atoms with Gasteiger partial charge in [-0.3, -0.25) is 4.42 Å². The average molecular weight is 94.1 g/mol. The maximum absolute atomic E-state index is 4.79. The SMILES string of the molecule is C=c1c[o+]c(=C)[cH-]1. The normalized spacial score (nSPS) is 9.14. The molecule has 1 rings (SSSR count). The first-order valence-corrected chi connectivity index (χ1v) is 2.01. The highest BCUT2D eigenvalue weighted by atomic mass is 16.3. The first-order valence-electron chi connectivity index (χ1n) is 2.01. The van der Waals surface area contributed by atoms with Crippen molar-refractivity contribution in [2.24, 2.45) is 0 Å². The highest BCUT2D eigenvalue weighted by Gasteiger charge is 1.79. The lowest BCUT2D eigenvalue weighted by molar-refractivity contribution is 0.534. The van der Waals surface area contributed by atoms with Gasteiger partial charge in [-0.1, -0.05) is 11.8 Å². The van der Waals surface area contributed by atoms with Gasteiger partial charge in [0.15, 0.2) is 0 Å². The van der Waals surface area contributed by atoms with Crippen molar-refractivity contribution in [3.8, 4) is 0 Å². The molecule has 0 amide bonds. The van der Waals surface area contributed by atoms with Crippen molar-refractivity contribution in [3.05, 3.63) is 23.0 Å². The van der Waals surface area contributed by atoms with Crippen molar-refractivity contribution in [2.45, 2.75) is 0 Å². The molecule has 0 aliphatic rings. The molecule has 0 aromatic carbocycles. The average Bonchev–Trinajstić information content (AvgIpc) is 1.87. The molecule has 0 unspecified atom stereocenters. The zero-order valence-corrected chi connectivity index (χ0v) is 3.98. The molecule has 36 valence electrons. The van der Waals surface area contributed by atoms with Gasteiger partial charge in [0.2, 0.25) is 6.26 Å². The Labute approximate surface area is 41.6 Å². The summed E-state index contributed by atoms with van der Waals surface area (Å²) in [6, 6.07) is 1.78. The molecule has 1 nitrogen and oxygen atoms in total. The van der Waals surface area contributed by atoms with Crippen LogP contribution in [0.1, 0.15) is 0 Å². The van der Waals surface area contributed by atoms with Crippen LogP contribution in [-0.4, -0.2) is 0 Å². The van der Waals surface area contributed by atoms with E-state index in [-0.39, 0.29) is 0 Å². The molecule has 1 aromatic heterocycles. The van der Waals surface area contributed by atoms with Crippen LogP contribution >= 0.6 is 0 Å². The minimum atomic E-state index is 0.671. The monoisotopic (exact) mass is 94.0 g/mol. The van der Waals surface area contributed by atoms with Crippen molar-refractivity contribution < 1.29 is 4.42 Å². The smallest absolute Gasteiger partial charge is 0.257 e. The third kappa shape index (κ3) is 0.712. The Morgan fingerprint density at radius 3 is 2.43 bits per heavy atom. The second-order valence-electron chi connectivity index (χ2n) is 1.42. The van der Waals surface area contributed by atoms with Crippen molar-refractivity contribution in [1.29, 1.82) is 0 Å². The molecule has 0 saturated heterocycles. The molecule has 0 atom stereocenters. The third-order valence-electron chi connectivity index (χ3n) is 0.708. The minimum absolute atomic E-state index is 0.671. The molecule has 0 aliphatic heterocycles. The van der Waals surface area contributed by atoms with E-state index < -0.39 is 0 Å². The molecule has 1 heterocycles. The maximum atomic E-state index is 4.79. The summed E-state index contributed by atoms with van der Waals surface area (Å²) in [5.74, 6) is 0. The van der Waals surface area contributed by atoms with Gasteiger partial charge in [0, 0.05) is 0 Å². The molecule has 0 spiro atoms. The summed E-state index contributed by atoms with van der Waals surface area (Å²) in [6.07, 6.45) is 1.57. The first-order chi connectivity index (χ1) is 3.29. The third-order valence-corrected chi connectivity index (χ3v) is 0.708. The fourth-order valence-electron chi connectivity index (χ4n) is 0.426. The number of hydrogen-bond acceptors (Lipinski definition) is 0. The van der Waals surface area contributed by atoms with Crippen molar-refractivity contribution in [3.63, 3.8) is 0 Å². The molecule has 0 aliphatic carbocycles. The second-order valence-corrected chi connectivity index (χ2v) is 1.42. The molecule has 0 radical (unpaired) electrons. The summed E-state index contributed by atoms with van der Waals surface area (Å²) < 4.78 is 4.79. The Bertz CT molecular complexity index is 208.